The predicted octanol–water partition coefficient (Wildman–Crippen LogP) is 3.17. The molecular weight excluding hydrogens is 158 g/mol. The Labute approximate surface area is 70.2 Å². The Morgan fingerprint density at radius 1 is 1.33 bits per heavy atom. The molecule has 0 fully saturated rings. The van der Waals surface area contributed by atoms with E-state index in [1.54, 1.807) is 6.07 Å². The van der Waals surface area contributed by atoms with Crippen LogP contribution in [0.1, 0.15) is 30.1 Å². The van der Waals surface area contributed by atoms with Crippen LogP contribution in [0.2, 0.25) is 0 Å². The Balaban J connectivity index is 2.47. The molecule has 0 bridgehead atoms. The lowest BCUT2D eigenvalue weighted by atomic mass is 9.90. The number of benzene rings is 1. The Hall–Kier alpha value is -0.920. The van der Waals surface area contributed by atoms with Gasteiger partial charge in [0, 0.05) is 0 Å². The lowest BCUT2D eigenvalue weighted by Gasteiger charge is -2.18. The first kappa shape index (κ1) is 7.71. The van der Waals surface area contributed by atoms with Crippen molar-refractivity contribution in [1.82, 2.24) is 0 Å². The van der Waals surface area contributed by atoms with Gasteiger partial charge in [0.1, 0.15) is 12.0 Å². The third-order valence-corrected chi connectivity index (χ3v) is 2.35. The summed E-state index contributed by atoms with van der Waals surface area (Å²) in [6.45, 7) is 0. The molecule has 2 heteroatoms. The number of fused-ring (bicyclic) bond motifs is 1. The molecule has 0 aliphatic heterocycles. The zero-order valence-electron chi connectivity index (χ0n) is 6.69. The minimum Gasteiger partial charge on any atom is -0.242 e. The molecule has 1 atom stereocenters. The van der Waals surface area contributed by atoms with E-state index in [0.717, 1.165) is 18.4 Å². The molecule has 0 radical (unpaired) electrons. The van der Waals surface area contributed by atoms with Crippen LogP contribution in [0.5, 0.6) is 0 Å². The summed E-state index contributed by atoms with van der Waals surface area (Å²) in [5.74, 6) is -0.335. The molecule has 0 aromatic heterocycles. The quantitative estimate of drug-likeness (QED) is 0.558. The summed E-state index contributed by atoms with van der Waals surface area (Å²) >= 11 is 0. The molecule has 12 heavy (non-hydrogen) atoms. The topological polar surface area (TPSA) is 0 Å². The van der Waals surface area contributed by atoms with Crippen molar-refractivity contribution in [3.63, 3.8) is 0 Å². The van der Waals surface area contributed by atoms with Gasteiger partial charge >= 0.3 is 0 Å². The molecule has 1 unspecified atom stereocenters. The van der Waals surface area contributed by atoms with Crippen molar-refractivity contribution >= 4 is 0 Å². The summed E-state index contributed by atoms with van der Waals surface area (Å²) in [4.78, 5) is 0. The molecule has 0 heterocycles. The van der Waals surface area contributed by atoms with Gasteiger partial charge in [0.25, 0.3) is 0 Å². The monoisotopic (exact) mass is 168 g/mol. The molecule has 1 aromatic carbocycles. The number of hydrogen-bond acceptors (Lipinski definition) is 0. The highest BCUT2D eigenvalue weighted by Gasteiger charge is 2.19. The van der Waals surface area contributed by atoms with Gasteiger partial charge in [0.2, 0.25) is 0 Å². The SMILES string of the molecule is Fc1ccc2c(c1)C(F)CCC2. The largest absolute Gasteiger partial charge is 0.242 e. The van der Waals surface area contributed by atoms with Crippen LogP contribution in [0, 0.1) is 5.82 Å². The van der Waals surface area contributed by atoms with Crippen molar-refractivity contribution in [2.24, 2.45) is 0 Å². The van der Waals surface area contributed by atoms with Gasteiger partial charge in [-0.3, -0.25) is 0 Å². The van der Waals surface area contributed by atoms with Crippen LogP contribution in [0.15, 0.2) is 18.2 Å². The van der Waals surface area contributed by atoms with Crippen molar-refractivity contribution in [2.75, 3.05) is 0 Å². The number of hydrogen-bond donors (Lipinski definition) is 0. The van der Waals surface area contributed by atoms with Crippen molar-refractivity contribution in [3.8, 4) is 0 Å². The van der Waals surface area contributed by atoms with Gasteiger partial charge in [0.05, 0.1) is 0 Å². The third-order valence-electron chi connectivity index (χ3n) is 2.35. The predicted molar refractivity (Wildman–Crippen MR) is 43.2 cm³/mol. The highest BCUT2D eigenvalue weighted by atomic mass is 19.1. The van der Waals surface area contributed by atoms with Crippen molar-refractivity contribution in [2.45, 2.75) is 25.4 Å². The Bertz CT molecular complexity index is 294. The van der Waals surface area contributed by atoms with Crippen LogP contribution in [0.3, 0.4) is 0 Å². The lowest BCUT2D eigenvalue weighted by molar-refractivity contribution is 0.301. The standard InChI is InChI=1S/C10H10F2/c11-8-5-4-7-2-1-3-10(12)9(7)6-8/h4-6,10H,1-3H2. The van der Waals surface area contributed by atoms with Crippen LogP contribution in [-0.2, 0) is 6.42 Å². The summed E-state index contributed by atoms with van der Waals surface area (Å²) in [6, 6.07) is 4.41. The normalized spacial score (nSPS) is 22.0. The fourth-order valence-corrected chi connectivity index (χ4v) is 1.71. The summed E-state index contributed by atoms with van der Waals surface area (Å²) in [6.07, 6.45) is 1.34. The maximum absolute atomic E-state index is 13.2. The molecule has 0 nitrogen and oxygen atoms in total. The first-order chi connectivity index (χ1) is 5.77. The molecule has 0 spiro atoms. The third kappa shape index (κ3) is 1.22. The van der Waals surface area contributed by atoms with Crippen LogP contribution in [0.4, 0.5) is 8.78 Å². The van der Waals surface area contributed by atoms with Crippen molar-refractivity contribution < 1.29 is 8.78 Å². The van der Waals surface area contributed by atoms with E-state index in [-0.39, 0.29) is 5.82 Å². The zero-order valence-corrected chi connectivity index (χ0v) is 6.69. The van der Waals surface area contributed by atoms with Gasteiger partial charge in [-0.15, -0.1) is 0 Å². The minimum atomic E-state index is -0.954. The minimum absolute atomic E-state index is 0.335. The first-order valence-electron chi connectivity index (χ1n) is 4.20. The Morgan fingerprint density at radius 3 is 3.00 bits per heavy atom. The molecule has 1 aromatic rings. The molecule has 0 N–H and O–H groups in total. The number of alkyl halides is 1. The molecule has 0 amide bonds. The van der Waals surface area contributed by atoms with E-state index in [4.69, 9.17) is 0 Å². The maximum Gasteiger partial charge on any atom is 0.126 e. The number of halogens is 2. The van der Waals surface area contributed by atoms with Crippen molar-refractivity contribution in [1.29, 1.82) is 0 Å². The van der Waals surface area contributed by atoms with E-state index in [2.05, 4.69) is 0 Å². The van der Waals surface area contributed by atoms with E-state index in [1.165, 1.54) is 12.1 Å². The summed E-state index contributed by atoms with van der Waals surface area (Å²) < 4.78 is 25.9. The summed E-state index contributed by atoms with van der Waals surface area (Å²) in [7, 11) is 0. The smallest absolute Gasteiger partial charge is 0.126 e. The fourth-order valence-electron chi connectivity index (χ4n) is 1.71. The van der Waals surface area contributed by atoms with Crippen LogP contribution in [0.25, 0.3) is 0 Å². The first-order valence-corrected chi connectivity index (χ1v) is 4.20. The van der Waals surface area contributed by atoms with Crippen LogP contribution < -0.4 is 0 Å². The zero-order chi connectivity index (χ0) is 8.55. The fraction of sp³-hybridized carbons (Fsp3) is 0.400. The average Bonchev–Trinajstić information content (AvgIpc) is 2.07. The van der Waals surface area contributed by atoms with Crippen LogP contribution in [-0.4, -0.2) is 0 Å². The molecule has 1 aliphatic rings. The van der Waals surface area contributed by atoms with E-state index in [1.807, 2.05) is 0 Å². The second-order valence-electron chi connectivity index (χ2n) is 3.20. The highest BCUT2D eigenvalue weighted by molar-refractivity contribution is 5.31. The second kappa shape index (κ2) is 2.85. The highest BCUT2D eigenvalue weighted by Crippen LogP contribution is 2.32. The second-order valence-corrected chi connectivity index (χ2v) is 3.20. The van der Waals surface area contributed by atoms with E-state index >= 15 is 0 Å². The number of rotatable bonds is 0. The summed E-state index contributed by atoms with van der Waals surface area (Å²) in [5.41, 5.74) is 1.52. The maximum atomic E-state index is 13.2. The molecule has 0 saturated carbocycles. The van der Waals surface area contributed by atoms with Gasteiger partial charge < -0.3 is 0 Å². The lowest BCUT2D eigenvalue weighted by Crippen LogP contribution is -2.05. The van der Waals surface area contributed by atoms with E-state index < -0.39 is 6.17 Å². The van der Waals surface area contributed by atoms with Gasteiger partial charge in [-0.2, -0.15) is 0 Å². The van der Waals surface area contributed by atoms with Gasteiger partial charge in [-0.05, 0) is 42.5 Å². The van der Waals surface area contributed by atoms with Crippen LogP contribution >= 0.6 is 0 Å². The number of aryl methyl sites for hydroxylation is 1. The van der Waals surface area contributed by atoms with Gasteiger partial charge in [0.15, 0.2) is 0 Å². The molecule has 64 valence electrons. The molecule has 2 rings (SSSR count). The molecule has 1 aliphatic carbocycles. The average molecular weight is 168 g/mol. The molecular formula is C10H10F2. The van der Waals surface area contributed by atoms with E-state index in [9.17, 15) is 8.78 Å². The Morgan fingerprint density at radius 2 is 2.17 bits per heavy atom. The molecule has 0 saturated heterocycles. The Kier molecular flexibility index (Phi) is 1.83. The van der Waals surface area contributed by atoms with Gasteiger partial charge in [-0.25, -0.2) is 8.78 Å². The van der Waals surface area contributed by atoms with Crippen molar-refractivity contribution in [3.05, 3.63) is 35.1 Å². The summed E-state index contributed by atoms with van der Waals surface area (Å²) in [5, 5.41) is 0. The van der Waals surface area contributed by atoms with Gasteiger partial charge in [-0.1, -0.05) is 6.07 Å². The van der Waals surface area contributed by atoms with E-state index in [0.29, 0.717) is 12.0 Å².